The monoisotopic (exact) mass is 1300 g/mol. The molecule has 4 bridgehead atoms. The van der Waals surface area contributed by atoms with E-state index in [2.05, 4.69) is 0 Å². The van der Waals surface area contributed by atoms with Gasteiger partial charge in [-0.1, -0.05) is 31.5 Å². The summed E-state index contributed by atoms with van der Waals surface area (Å²) in [4.78, 5) is 0.0103. The molecule has 25 atom stereocenters. The Labute approximate surface area is 508 Å². The third-order valence-corrected chi connectivity index (χ3v) is 14.5. The Balaban J connectivity index is 0.000000520. The van der Waals surface area contributed by atoms with Crippen molar-refractivity contribution in [3.8, 4) is 0 Å². The van der Waals surface area contributed by atoms with E-state index in [-0.39, 0.29) is 71.0 Å². The Hall–Kier alpha value is -0.690. The van der Waals surface area contributed by atoms with Gasteiger partial charge in [-0.05, 0) is 32.9 Å². The molecular formula is C45H82NaO35PS2. The van der Waals surface area contributed by atoms with Gasteiger partial charge in [-0.3, -0.25) is 13.3 Å². The minimum absolute atomic E-state index is 0. The molecule has 0 saturated carbocycles. The number of benzene rings is 1. The van der Waals surface area contributed by atoms with Crippen LogP contribution in [0.15, 0.2) is 29.2 Å². The molecule has 8 saturated heterocycles. The topological polar surface area (TPSA) is 551 Å². The molecule has 35 nitrogen and oxygen atoms in total. The third-order valence-electron chi connectivity index (χ3n) is 12.9. The molecule has 8 heterocycles. The Morgan fingerprint density at radius 2 is 1.10 bits per heavy atom. The van der Waals surface area contributed by atoms with Crippen LogP contribution < -0.4 is 29.6 Å². The maximum Gasteiger partial charge on any atom is 1.00 e. The van der Waals surface area contributed by atoms with E-state index in [1.807, 2.05) is 44.1 Å². The van der Waals surface area contributed by atoms with Crippen molar-refractivity contribution in [3.05, 3.63) is 29.8 Å². The molecule has 39 heteroatoms. The number of methoxy groups -OCH3 is 3. The van der Waals surface area contributed by atoms with Crippen LogP contribution in [-0.4, -0.2) is 317 Å². The Morgan fingerprint density at radius 1 is 0.619 bits per heavy atom. The van der Waals surface area contributed by atoms with Crippen LogP contribution in [0.3, 0.4) is 0 Å². The molecule has 84 heavy (non-hydrogen) atoms. The zero-order valence-corrected chi connectivity index (χ0v) is 51.9. The Kier molecular flexibility index (Phi) is 35.8. The Morgan fingerprint density at radius 3 is 1.57 bits per heavy atom. The molecule has 9 rings (SSSR count). The summed E-state index contributed by atoms with van der Waals surface area (Å²) >= 11 is 0. The van der Waals surface area contributed by atoms with Crippen LogP contribution in [0.1, 0.15) is 33.3 Å². The SMILES string of the molecule is CC.CC1(C)O[C@H]2OC3COC([C@H]3O)[C@@H]2O1.CO[C@@H]1OC(CO)[C@H](O)C(O)[C@@H]1O.CO[C@@H]1OC(COS(=O)(=O)c2ccc(C)cc2)[C@H](OP)C(O)[C@@H]1O.CO[C@@H]1OC2COC([C@H]2O)[C@@H]1O.O=S(=O)(O)O.OC(O)[C@@H](O)C1OCC(O)[C@@H]1O.[Na+].[OH-]. The van der Waals surface area contributed by atoms with Gasteiger partial charge in [-0.15, -0.1) is 0 Å². The molecule has 0 spiro atoms. The molecule has 0 aromatic heterocycles. The number of hydrogen-bond acceptors (Lipinski definition) is 33. The van der Waals surface area contributed by atoms with Gasteiger partial charge in [0.1, 0.15) is 122 Å². The minimum atomic E-state index is -4.67. The van der Waals surface area contributed by atoms with Crippen molar-refractivity contribution in [1.82, 2.24) is 0 Å². The van der Waals surface area contributed by atoms with E-state index < -0.39 is 169 Å². The molecule has 0 aliphatic carbocycles. The number of aliphatic hydroxyl groups is 14. The summed E-state index contributed by atoms with van der Waals surface area (Å²) in [6.45, 7) is 9.28. The first-order chi connectivity index (χ1) is 38.2. The maximum absolute atomic E-state index is 12.2. The third kappa shape index (κ3) is 22.6. The second-order valence-electron chi connectivity index (χ2n) is 19.0. The summed E-state index contributed by atoms with van der Waals surface area (Å²) in [7, 11) is -2.67. The smallest absolute Gasteiger partial charge is 0.870 e. The van der Waals surface area contributed by atoms with Crippen LogP contribution in [0.2, 0.25) is 0 Å². The fourth-order valence-electron chi connectivity index (χ4n) is 8.61. The molecule has 8 aliphatic heterocycles. The number of ether oxygens (including phenoxy) is 12. The second-order valence-corrected chi connectivity index (χ2v) is 21.8. The van der Waals surface area contributed by atoms with Crippen LogP contribution in [0.4, 0.5) is 0 Å². The van der Waals surface area contributed by atoms with Gasteiger partial charge < -0.3 is 138 Å². The zero-order chi connectivity index (χ0) is 62.4. The fourth-order valence-corrected chi connectivity index (χ4v) is 9.86. The van der Waals surface area contributed by atoms with Crippen molar-refractivity contribution in [2.45, 2.75) is 199 Å². The van der Waals surface area contributed by atoms with E-state index >= 15 is 0 Å². The Bertz CT molecular complexity index is 2190. The molecule has 11 unspecified atom stereocenters. The van der Waals surface area contributed by atoms with Crippen molar-refractivity contribution in [3.63, 3.8) is 0 Å². The molecule has 8 fully saturated rings. The van der Waals surface area contributed by atoms with Gasteiger partial charge in [0.15, 0.2) is 37.2 Å². The number of hydrogen-bond donors (Lipinski definition) is 16. The van der Waals surface area contributed by atoms with Gasteiger partial charge in [0.25, 0.3) is 10.1 Å². The number of rotatable bonds is 11. The average molecular weight is 1300 g/mol. The van der Waals surface area contributed by atoms with Crippen LogP contribution >= 0.6 is 9.47 Å². The largest absolute Gasteiger partial charge is 1.00 e. The molecule has 8 aliphatic rings. The van der Waals surface area contributed by atoms with Crippen LogP contribution in [-0.2, 0) is 86.1 Å². The second kappa shape index (κ2) is 37.0. The van der Waals surface area contributed by atoms with Gasteiger partial charge in [0.05, 0.1) is 37.9 Å². The molecular weight excluding hydrogens is 1220 g/mol. The first kappa shape index (κ1) is 81.3. The quantitative estimate of drug-likeness (QED) is 0.0322. The van der Waals surface area contributed by atoms with E-state index in [0.29, 0.717) is 13.2 Å². The van der Waals surface area contributed by atoms with E-state index in [9.17, 15) is 49.3 Å². The predicted octanol–water partition coefficient (Wildman–Crippen LogP) is -10.5. The van der Waals surface area contributed by atoms with Crippen molar-refractivity contribution < 1.29 is 198 Å². The van der Waals surface area contributed by atoms with Crippen LogP contribution in [0, 0.1) is 6.92 Å². The summed E-state index contributed by atoms with van der Waals surface area (Å²) in [6.07, 6.45) is -23.8. The van der Waals surface area contributed by atoms with Crippen molar-refractivity contribution in [1.29, 1.82) is 0 Å². The normalized spacial score (nSPS) is 39.0. The minimum Gasteiger partial charge on any atom is -0.870 e. The predicted molar refractivity (Wildman–Crippen MR) is 273 cm³/mol. The zero-order valence-electron chi connectivity index (χ0n) is 47.1. The van der Waals surface area contributed by atoms with Crippen molar-refractivity contribution in [2.24, 2.45) is 0 Å². The van der Waals surface area contributed by atoms with E-state index in [0.717, 1.165) is 5.56 Å². The van der Waals surface area contributed by atoms with Gasteiger partial charge >= 0.3 is 40.0 Å². The average Bonchev–Trinajstić information content (AvgIpc) is 4.17. The standard InChI is InChI=1S/C14H21O8PS.C9H14O5.C7H14O6.C7H12O5.C6H12O6.C2H6.Na.H2O4S.H2O/c1-8-3-5-9(6-4-8)24(17,18)20-7-10-13(22-23)11(15)12(16)14(19-2)21-10;1-9(2)13-7-6-5(10)4(3-11-6)12-8(7)14-9;1-12-7-6(11)5(10)4(9)3(2-8)13-7;1-10-7-5(9)6-4(8)3(12-7)2-11-6;7-2-1-12-5(3(2)8)4(9)6(10)11;1-2;;1-5(2,3)4;/h3-6,10-16H,7,23H2,1-2H3;4-8,10H,3H2,1-2H3;3-11H,2H2,1H3;3-9H,2H2,1H3;2-11H,1H2;1-2H3;;(H2,1,2,3,4);1H2/q;;;;;;+1;;/p-1/t10?,11?,12-,13-,14+;4?,5-,6?,7-,8+;3?,4-,5?,6-,7+;3?,4-,5-,6?,7+;2?,3-,4-,5?;;;;/m00000..../s1. The van der Waals surface area contributed by atoms with Crippen molar-refractivity contribution >= 4 is 30.0 Å². The fraction of sp³-hybridized carbons (Fsp3) is 0.867. The summed E-state index contributed by atoms with van der Waals surface area (Å²) in [6, 6.07) is 6.19. The summed E-state index contributed by atoms with van der Waals surface area (Å²) < 4.78 is 128. The molecule has 0 radical (unpaired) electrons. The van der Waals surface area contributed by atoms with Gasteiger partial charge in [0, 0.05) is 30.8 Å². The first-order valence-electron chi connectivity index (χ1n) is 25.1. The van der Waals surface area contributed by atoms with E-state index in [1.165, 1.54) is 33.5 Å². The molecule has 1 aromatic rings. The molecule has 17 N–H and O–H groups in total. The van der Waals surface area contributed by atoms with E-state index in [1.54, 1.807) is 12.1 Å². The first-order valence-corrected chi connectivity index (χ1v) is 28.4. The number of aryl methyl sites for hydroxylation is 1. The van der Waals surface area contributed by atoms with Gasteiger partial charge in [-0.25, -0.2) is 0 Å². The van der Waals surface area contributed by atoms with E-state index in [4.69, 9.17) is 114 Å². The summed E-state index contributed by atoms with van der Waals surface area (Å²) in [5, 5.41) is 129. The van der Waals surface area contributed by atoms with Gasteiger partial charge in [0.2, 0.25) is 0 Å². The van der Waals surface area contributed by atoms with Crippen molar-refractivity contribution in [2.75, 3.05) is 54.4 Å². The maximum atomic E-state index is 12.2. The molecule has 0 amide bonds. The summed E-state index contributed by atoms with van der Waals surface area (Å²) in [5.41, 5.74) is 0.918. The summed E-state index contributed by atoms with van der Waals surface area (Å²) in [5.74, 6) is -0.650. The van der Waals surface area contributed by atoms with Gasteiger partial charge in [-0.2, -0.15) is 16.8 Å². The molecule has 490 valence electrons. The molecule has 1 aromatic carbocycles. The van der Waals surface area contributed by atoms with Crippen LogP contribution in [0.5, 0.6) is 0 Å². The number of fused-ring (bicyclic) bond motifs is 6. The number of aliphatic hydroxyl groups excluding tert-OH is 13. The van der Waals surface area contributed by atoms with Crippen LogP contribution in [0.25, 0.3) is 0 Å².